The standard InChI is InChI=1S/C26H22FNO3/c1-17-7-9-20(10-8-17)24(29)22-23(19-11-13-21(27)14-12-19)28(26(31)25(22)30)16-15-18-5-3-2-4-6-18/h2-14,23,29H,15-16H2,1H3/t23-/m1/s1. The van der Waals surface area contributed by atoms with Crippen LogP contribution in [-0.2, 0) is 16.0 Å². The maximum absolute atomic E-state index is 13.5. The second-order valence-electron chi connectivity index (χ2n) is 7.65. The molecule has 0 aliphatic carbocycles. The van der Waals surface area contributed by atoms with Gasteiger partial charge in [0.25, 0.3) is 11.7 Å². The summed E-state index contributed by atoms with van der Waals surface area (Å²) in [7, 11) is 0. The van der Waals surface area contributed by atoms with Gasteiger partial charge in [0.1, 0.15) is 11.6 Å². The molecule has 31 heavy (non-hydrogen) atoms. The lowest BCUT2D eigenvalue weighted by Gasteiger charge is -2.25. The van der Waals surface area contributed by atoms with Crippen LogP contribution in [0, 0.1) is 12.7 Å². The van der Waals surface area contributed by atoms with Gasteiger partial charge in [0.05, 0.1) is 11.6 Å². The molecule has 1 amide bonds. The van der Waals surface area contributed by atoms with Crippen LogP contribution in [0.5, 0.6) is 0 Å². The van der Waals surface area contributed by atoms with Gasteiger partial charge in [-0.15, -0.1) is 0 Å². The third kappa shape index (κ3) is 4.12. The fourth-order valence-corrected chi connectivity index (χ4v) is 3.86. The first-order valence-corrected chi connectivity index (χ1v) is 10.1. The summed E-state index contributed by atoms with van der Waals surface area (Å²) in [5.74, 6) is -2.04. The van der Waals surface area contributed by atoms with Crippen LogP contribution in [0.1, 0.15) is 28.3 Å². The molecule has 5 heteroatoms. The van der Waals surface area contributed by atoms with Crippen molar-refractivity contribution in [2.45, 2.75) is 19.4 Å². The molecule has 1 N–H and O–H groups in total. The Morgan fingerprint density at radius 1 is 0.935 bits per heavy atom. The number of hydrogen-bond donors (Lipinski definition) is 1. The number of halogens is 1. The molecule has 1 aliphatic heterocycles. The van der Waals surface area contributed by atoms with E-state index in [2.05, 4.69) is 0 Å². The van der Waals surface area contributed by atoms with E-state index in [1.165, 1.54) is 17.0 Å². The number of nitrogens with zero attached hydrogens (tertiary/aromatic N) is 1. The number of aryl methyl sites for hydroxylation is 1. The monoisotopic (exact) mass is 415 g/mol. The zero-order valence-electron chi connectivity index (χ0n) is 17.1. The number of amides is 1. The molecule has 0 spiro atoms. The summed E-state index contributed by atoms with van der Waals surface area (Å²) in [4.78, 5) is 27.4. The summed E-state index contributed by atoms with van der Waals surface area (Å²) < 4.78 is 13.5. The number of benzene rings is 3. The number of likely N-dealkylation sites (tertiary alicyclic amines) is 1. The average molecular weight is 415 g/mol. The van der Waals surface area contributed by atoms with Gasteiger partial charge in [-0.05, 0) is 36.6 Å². The number of carbonyl (C=O) groups is 2. The van der Waals surface area contributed by atoms with Crippen LogP contribution in [0.2, 0.25) is 0 Å². The molecule has 4 nitrogen and oxygen atoms in total. The van der Waals surface area contributed by atoms with Gasteiger partial charge in [0, 0.05) is 12.1 Å². The van der Waals surface area contributed by atoms with Crippen molar-refractivity contribution in [1.29, 1.82) is 0 Å². The van der Waals surface area contributed by atoms with Crippen molar-refractivity contribution >= 4 is 17.4 Å². The molecule has 3 aromatic rings. The van der Waals surface area contributed by atoms with Crippen LogP contribution in [-0.4, -0.2) is 28.2 Å². The number of carbonyl (C=O) groups excluding carboxylic acids is 2. The van der Waals surface area contributed by atoms with Gasteiger partial charge in [-0.3, -0.25) is 9.59 Å². The molecule has 1 fully saturated rings. The second-order valence-corrected chi connectivity index (χ2v) is 7.65. The molecule has 3 aromatic carbocycles. The van der Waals surface area contributed by atoms with E-state index in [9.17, 15) is 19.1 Å². The molecular formula is C26H22FNO3. The molecule has 0 bridgehead atoms. The third-order valence-electron chi connectivity index (χ3n) is 5.53. The van der Waals surface area contributed by atoms with Gasteiger partial charge in [0.15, 0.2) is 0 Å². The van der Waals surface area contributed by atoms with Crippen LogP contribution < -0.4 is 0 Å². The van der Waals surface area contributed by atoms with Crippen molar-refractivity contribution in [2.75, 3.05) is 6.54 Å². The summed E-state index contributed by atoms with van der Waals surface area (Å²) in [6.45, 7) is 2.21. The van der Waals surface area contributed by atoms with E-state index in [0.717, 1.165) is 11.1 Å². The highest BCUT2D eigenvalue weighted by Gasteiger charge is 2.45. The van der Waals surface area contributed by atoms with Crippen molar-refractivity contribution < 1.29 is 19.1 Å². The minimum atomic E-state index is -0.786. The third-order valence-corrected chi connectivity index (χ3v) is 5.53. The van der Waals surface area contributed by atoms with E-state index in [4.69, 9.17) is 0 Å². The van der Waals surface area contributed by atoms with Gasteiger partial charge in [-0.2, -0.15) is 0 Å². The highest BCUT2D eigenvalue weighted by atomic mass is 19.1. The molecular weight excluding hydrogens is 393 g/mol. The highest BCUT2D eigenvalue weighted by Crippen LogP contribution is 2.39. The molecule has 0 aromatic heterocycles. The lowest BCUT2D eigenvalue weighted by atomic mass is 9.95. The second kappa shape index (κ2) is 8.56. The van der Waals surface area contributed by atoms with Gasteiger partial charge >= 0.3 is 0 Å². The Hall–Kier alpha value is -3.73. The topological polar surface area (TPSA) is 57.6 Å². The lowest BCUT2D eigenvalue weighted by Crippen LogP contribution is -2.31. The molecule has 1 atom stereocenters. The first-order valence-electron chi connectivity index (χ1n) is 10.1. The largest absolute Gasteiger partial charge is 0.507 e. The Labute approximate surface area is 180 Å². The smallest absolute Gasteiger partial charge is 0.295 e. The molecule has 0 unspecified atom stereocenters. The fraction of sp³-hybridized carbons (Fsp3) is 0.154. The lowest BCUT2D eigenvalue weighted by molar-refractivity contribution is -0.139. The zero-order chi connectivity index (χ0) is 22.0. The van der Waals surface area contributed by atoms with Crippen molar-refractivity contribution in [3.63, 3.8) is 0 Å². The molecule has 156 valence electrons. The molecule has 1 heterocycles. The summed E-state index contributed by atoms with van der Waals surface area (Å²) >= 11 is 0. The minimum absolute atomic E-state index is 0.0218. The van der Waals surface area contributed by atoms with Crippen molar-refractivity contribution in [3.05, 3.63) is 113 Å². The van der Waals surface area contributed by atoms with E-state index < -0.39 is 23.5 Å². The first-order chi connectivity index (χ1) is 15.0. The minimum Gasteiger partial charge on any atom is -0.507 e. The highest BCUT2D eigenvalue weighted by molar-refractivity contribution is 6.46. The van der Waals surface area contributed by atoms with Gasteiger partial charge in [0.2, 0.25) is 0 Å². The first kappa shape index (κ1) is 20.5. The normalized spacial score (nSPS) is 17.9. The van der Waals surface area contributed by atoms with Gasteiger partial charge in [-0.25, -0.2) is 4.39 Å². The maximum Gasteiger partial charge on any atom is 0.295 e. The van der Waals surface area contributed by atoms with E-state index in [0.29, 0.717) is 24.1 Å². The molecule has 0 radical (unpaired) electrons. The molecule has 1 aliphatic rings. The Morgan fingerprint density at radius 2 is 1.58 bits per heavy atom. The summed E-state index contributed by atoms with van der Waals surface area (Å²) in [6.07, 6.45) is 0.552. The Bertz CT molecular complexity index is 1140. The molecule has 0 saturated carbocycles. The van der Waals surface area contributed by atoms with Gasteiger partial charge < -0.3 is 10.0 Å². The Kier molecular flexibility index (Phi) is 5.67. The summed E-state index contributed by atoms with van der Waals surface area (Å²) in [5.41, 5.74) is 3.09. The number of ketones is 1. The van der Waals surface area contributed by atoms with Gasteiger partial charge in [-0.1, -0.05) is 72.3 Å². The van der Waals surface area contributed by atoms with E-state index in [1.54, 1.807) is 24.3 Å². The Balaban J connectivity index is 1.78. The molecule has 4 rings (SSSR count). The van der Waals surface area contributed by atoms with Crippen molar-refractivity contribution in [1.82, 2.24) is 4.90 Å². The summed E-state index contributed by atoms with van der Waals surface area (Å²) in [5, 5.41) is 11.0. The van der Waals surface area contributed by atoms with Crippen LogP contribution in [0.3, 0.4) is 0 Å². The quantitative estimate of drug-likeness (QED) is 0.370. The van der Waals surface area contributed by atoms with Crippen LogP contribution in [0.4, 0.5) is 4.39 Å². The predicted octanol–water partition coefficient (Wildman–Crippen LogP) is 4.80. The van der Waals surface area contributed by atoms with Crippen LogP contribution in [0.15, 0.2) is 84.4 Å². The number of rotatable bonds is 5. The van der Waals surface area contributed by atoms with Crippen molar-refractivity contribution in [3.8, 4) is 0 Å². The SMILES string of the molecule is Cc1ccc(C(O)=C2C(=O)C(=O)N(CCc3ccccc3)[C@@H]2c2ccc(F)cc2)cc1. The number of aliphatic hydroxyl groups excluding tert-OH is 1. The number of Topliss-reactive ketones (excluding diaryl/α,β-unsaturated/α-hetero) is 1. The average Bonchev–Trinajstić information content (AvgIpc) is 3.04. The molecule has 1 saturated heterocycles. The van der Waals surface area contributed by atoms with Crippen LogP contribution in [0.25, 0.3) is 5.76 Å². The fourth-order valence-electron chi connectivity index (χ4n) is 3.86. The maximum atomic E-state index is 13.5. The van der Waals surface area contributed by atoms with Crippen LogP contribution >= 0.6 is 0 Å². The Morgan fingerprint density at radius 3 is 2.23 bits per heavy atom. The summed E-state index contributed by atoms with van der Waals surface area (Å²) in [6, 6.07) is 21.6. The van der Waals surface area contributed by atoms with Crippen molar-refractivity contribution in [2.24, 2.45) is 0 Å². The van der Waals surface area contributed by atoms with E-state index in [1.807, 2.05) is 49.4 Å². The zero-order valence-corrected chi connectivity index (χ0v) is 17.1. The number of hydrogen-bond acceptors (Lipinski definition) is 3. The number of aliphatic hydroxyl groups is 1. The predicted molar refractivity (Wildman–Crippen MR) is 117 cm³/mol. The van der Waals surface area contributed by atoms with E-state index in [-0.39, 0.29) is 11.3 Å². The van der Waals surface area contributed by atoms with E-state index >= 15 is 0 Å².